The van der Waals surface area contributed by atoms with Crippen molar-refractivity contribution in [2.75, 3.05) is 19.0 Å². The van der Waals surface area contributed by atoms with E-state index >= 15 is 0 Å². The average Bonchev–Trinajstić information content (AvgIpc) is 3.22. The molecule has 0 unspecified atom stereocenters. The van der Waals surface area contributed by atoms with Gasteiger partial charge in [-0.2, -0.15) is 0 Å². The van der Waals surface area contributed by atoms with Crippen LogP contribution in [0.25, 0.3) is 0 Å². The van der Waals surface area contributed by atoms with E-state index in [2.05, 4.69) is 5.32 Å². The molecule has 0 aromatic heterocycles. The molecule has 2 aliphatic carbocycles. The van der Waals surface area contributed by atoms with Gasteiger partial charge in [0.1, 0.15) is 11.9 Å². The highest BCUT2D eigenvalue weighted by molar-refractivity contribution is 6.31. The number of carbonyl (C=O) groups is 3. The second-order valence-corrected chi connectivity index (χ2v) is 7.36. The van der Waals surface area contributed by atoms with Crippen molar-refractivity contribution in [1.29, 1.82) is 0 Å². The number of nitrogens with one attached hydrogen (secondary N) is 1. The van der Waals surface area contributed by atoms with Crippen LogP contribution in [-0.4, -0.2) is 37.7 Å². The van der Waals surface area contributed by atoms with Gasteiger partial charge in [0.05, 0.1) is 24.6 Å². The summed E-state index contributed by atoms with van der Waals surface area (Å²) in [4.78, 5) is 36.5. The maximum absolute atomic E-state index is 12.4. The van der Waals surface area contributed by atoms with Crippen molar-refractivity contribution in [2.24, 2.45) is 23.7 Å². The molecule has 4 rings (SSSR count). The Morgan fingerprint density at radius 3 is 2.92 bits per heavy atom. The van der Waals surface area contributed by atoms with Gasteiger partial charge in [-0.25, -0.2) is 0 Å². The van der Waals surface area contributed by atoms with E-state index in [1.165, 1.54) is 7.11 Å². The molecule has 5 atom stereocenters. The lowest BCUT2D eigenvalue weighted by molar-refractivity contribution is -0.157. The van der Waals surface area contributed by atoms with Gasteiger partial charge in [-0.05, 0) is 37.0 Å². The molecule has 1 saturated heterocycles. The normalized spacial score (nSPS) is 30.8. The zero-order valence-electron chi connectivity index (χ0n) is 14.1. The monoisotopic (exact) mass is 379 g/mol. The van der Waals surface area contributed by atoms with E-state index in [9.17, 15) is 14.4 Å². The summed E-state index contributed by atoms with van der Waals surface area (Å²) >= 11 is 5.92. The highest BCUT2D eigenvalue weighted by Gasteiger charge is 2.64. The lowest BCUT2D eigenvalue weighted by Crippen LogP contribution is -2.35. The van der Waals surface area contributed by atoms with Gasteiger partial charge in [-0.3, -0.25) is 14.4 Å². The third kappa shape index (κ3) is 2.80. The molecule has 3 aliphatic rings. The van der Waals surface area contributed by atoms with E-state index in [0.29, 0.717) is 22.9 Å². The van der Waals surface area contributed by atoms with Crippen molar-refractivity contribution in [1.82, 2.24) is 0 Å². The zero-order valence-corrected chi connectivity index (χ0v) is 14.8. The molecule has 3 fully saturated rings. The first kappa shape index (κ1) is 17.1. The Labute approximate surface area is 154 Å². The van der Waals surface area contributed by atoms with E-state index < -0.39 is 30.3 Å². The minimum Gasteiger partial charge on any atom is -0.495 e. The molecule has 2 saturated carbocycles. The number of hydrogen-bond donors (Lipinski definition) is 1. The van der Waals surface area contributed by atoms with Crippen LogP contribution in [0.3, 0.4) is 0 Å². The van der Waals surface area contributed by atoms with Crippen LogP contribution in [-0.2, 0) is 23.9 Å². The third-order valence-electron chi connectivity index (χ3n) is 5.54. The molecule has 0 radical (unpaired) electrons. The van der Waals surface area contributed by atoms with Crippen molar-refractivity contribution < 1.29 is 28.6 Å². The Morgan fingerprint density at radius 1 is 1.35 bits per heavy atom. The van der Waals surface area contributed by atoms with Crippen LogP contribution in [0, 0.1) is 23.7 Å². The number of esters is 2. The number of rotatable bonds is 5. The highest BCUT2D eigenvalue weighted by atomic mass is 35.5. The molecular weight excluding hydrogens is 362 g/mol. The predicted molar refractivity (Wildman–Crippen MR) is 90.7 cm³/mol. The van der Waals surface area contributed by atoms with Crippen LogP contribution in [0.1, 0.15) is 12.8 Å². The summed E-state index contributed by atoms with van der Waals surface area (Å²) in [6, 6.07) is 4.81. The fourth-order valence-electron chi connectivity index (χ4n) is 4.52. The first-order valence-electron chi connectivity index (χ1n) is 8.48. The molecule has 7 nitrogen and oxygen atoms in total. The van der Waals surface area contributed by atoms with Crippen molar-refractivity contribution >= 4 is 35.1 Å². The fourth-order valence-corrected chi connectivity index (χ4v) is 4.69. The summed E-state index contributed by atoms with van der Waals surface area (Å²) in [6.07, 6.45) is 1.48. The van der Waals surface area contributed by atoms with Crippen molar-refractivity contribution in [3.63, 3.8) is 0 Å². The summed E-state index contributed by atoms with van der Waals surface area (Å²) < 4.78 is 15.6. The number of amides is 1. The van der Waals surface area contributed by atoms with E-state index in [0.717, 1.165) is 6.42 Å². The largest absolute Gasteiger partial charge is 0.495 e. The van der Waals surface area contributed by atoms with Gasteiger partial charge in [0.15, 0.2) is 6.61 Å². The van der Waals surface area contributed by atoms with Gasteiger partial charge < -0.3 is 19.5 Å². The molecule has 8 heteroatoms. The minimum atomic E-state index is -0.506. The van der Waals surface area contributed by atoms with Gasteiger partial charge in [0.2, 0.25) is 0 Å². The molecule has 1 N–H and O–H groups in total. The zero-order chi connectivity index (χ0) is 18.4. The van der Waals surface area contributed by atoms with Crippen LogP contribution < -0.4 is 10.1 Å². The highest BCUT2D eigenvalue weighted by Crippen LogP contribution is 2.57. The SMILES string of the molecule is COc1ccc(Cl)cc1NC(=O)COC(=O)[C@@H]1[C@@H]2C[C@@H]3[C@@H]1C(=O)O[C@H]3C2. The van der Waals surface area contributed by atoms with E-state index in [1.807, 2.05) is 0 Å². The van der Waals surface area contributed by atoms with Gasteiger partial charge in [0, 0.05) is 10.9 Å². The first-order valence-corrected chi connectivity index (χ1v) is 8.86. The average molecular weight is 380 g/mol. The molecule has 2 bridgehead atoms. The number of ether oxygens (including phenoxy) is 3. The van der Waals surface area contributed by atoms with Gasteiger partial charge in [-0.1, -0.05) is 11.6 Å². The fraction of sp³-hybridized carbons (Fsp3) is 0.500. The molecule has 1 heterocycles. The standard InChI is InChI=1S/C18H18ClNO6/c1-24-12-3-2-9(19)6-11(12)20-14(21)7-25-17(22)15-8-4-10-13(5-8)26-18(23)16(10)15/h2-3,6,8,10,13,15-16H,4-5,7H2,1H3,(H,20,21)/t8-,10+,13+,15-,16+/m1/s1. The topological polar surface area (TPSA) is 90.9 Å². The van der Waals surface area contributed by atoms with Crippen LogP contribution in [0.4, 0.5) is 5.69 Å². The smallest absolute Gasteiger partial charge is 0.310 e. The van der Waals surface area contributed by atoms with E-state index in [-0.39, 0.29) is 23.9 Å². The molecule has 1 aromatic rings. The van der Waals surface area contributed by atoms with Crippen LogP contribution in [0.2, 0.25) is 5.02 Å². The van der Waals surface area contributed by atoms with Crippen molar-refractivity contribution in [3.05, 3.63) is 23.2 Å². The Hall–Kier alpha value is -2.28. The Bertz CT molecular complexity index is 779. The summed E-state index contributed by atoms with van der Waals surface area (Å²) in [7, 11) is 1.47. The summed E-state index contributed by atoms with van der Waals surface area (Å²) in [5.41, 5.74) is 0.392. The second kappa shape index (κ2) is 6.46. The van der Waals surface area contributed by atoms with Crippen LogP contribution >= 0.6 is 11.6 Å². The second-order valence-electron chi connectivity index (χ2n) is 6.92. The number of benzene rings is 1. The van der Waals surface area contributed by atoms with Crippen molar-refractivity contribution in [2.45, 2.75) is 18.9 Å². The van der Waals surface area contributed by atoms with Crippen molar-refractivity contribution in [3.8, 4) is 5.75 Å². The quantitative estimate of drug-likeness (QED) is 0.787. The predicted octanol–water partition coefficient (Wildman–Crippen LogP) is 2.03. The molecule has 26 heavy (non-hydrogen) atoms. The lowest BCUT2D eigenvalue weighted by Gasteiger charge is -2.22. The van der Waals surface area contributed by atoms with E-state index in [4.69, 9.17) is 25.8 Å². The number of fused-ring (bicyclic) bond motifs is 1. The maximum Gasteiger partial charge on any atom is 0.310 e. The van der Waals surface area contributed by atoms with E-state index in [1.54, 1.807) is 18.2 Å². The molecule has 1 aromatic carbocycles. The summed E-state index contributed by atoms with van der Waals surface area (Å²) in [5.74, 6) is -1.57. The Balaban J connectivity index is 1.36. The molecular formula is C18H18ClNO6. The third-order valence-corrected chi connectivity index (χ3v) is 5.77. The molecule has 138 valence electrons. The number of halogens is 1. The van der Waals surface area contributed by atoms with Gasteiger partial charge in [0.25, 0.3) is 5.91 Å². The molecule has 1 aliphatic heterocycles. The van der Waals surface area contributed by atoms with Crippen LogP contribution in [0.15, 0.2) is 18.2 Å². The maximum atomic E-state index is 12.4. The van der Waals surface area contributed by atoms with Gasteiger partial charge in [-0.15, -0.1) is 0 Å². The Kier molecular flexibility index (Phi) is 4.26. The number of methoxy groups -OCH3 is 1. The first-order chi connectivity index (χ1) is 12.5. The molecule has 1 amide bonds. The number of carbonyl (C=O) groups excluding carboxylic acids is 3. The minimum absolute atomic E-state index is 0.0415. The van der Waals surface area contributed by atoms with Gasteiger partial charge >= 0.3 is 11.9 Å². The summed E-state index contributed by atoms with van der Waals surface area (Å²) in [6.45, 7) is -0.437. The summed E-state index contributed by atoms with van der Waals surface area (Å²) in [5, 5.41) is 3.05. The van der Waals surface area contributed by atoms with Crippen LogP contribution in [0.5, 0.6) is 5.75 Å². The number of anilines is 1. The Morgan fingerprint density at radius 2 is 2.15 bits per heavy atom. The molecule has 0 spiro atoms. The lowest BCUT2D eigenvalue weighted by atomic mass is 9.80. The number of hydrogen-bond acceptors (Lipinski definition) is 6.